The van der Waals surface area contributed by atoms with Crippen molar-refractivity contribution in [3.05, 3.63) is 23.0 Å². The van der Waals surface area contributed by atoms with Gasteiger partial charge in [-0.25, -0.2) is 13.8 Å². The van der Waals surface area contributed by atoms with Crippen molar-refractivity contribution in [1.82, 2.24) is 4.98 Å². The Bertz CT molecular complexity index is 534. The molecule has 0 aliphatic rings. The summed E-state index contributed by atoms with van der Waals surface area (Å²) in [5, 5.41) is 0. The SMILES string of the molecule is CCOC(=O)Cc1cc(OC(F)(F)F)c(C(F)F)nc1CN. The van der Waals surface area contributed by atoms with Gasteiger partial charge in [0, 0.05) is 6.54 Å². The number of pyridine rings is 1. The average molecular weight is 328 g/mol. The monoisotopic (exact) mass is 328 g/mol. The van der Waals surface area contributed by atoms with Crippen LogP contribution in [-0.2, 0) is 22.5 Å². The van der Waals surface area contributed by atoms with E-state index in [-0.39, 0.29) is 24.4 Å². The summed E-state index contributed by atoms with van der Waals surface area (Å²) in [6.45, 7) is 1.27. The van der Waals surface area contributed by atoms with E-state index in [2.05, 4.69) is 14.5 Å². The first-order chi connectivity index (χ1) is 10.2. The van der Waals surface area contributed by atoms with Crippen LogP contribution in [0.5, 0.6) is 5.75 Å². The summed E-state index contributed by atoms with van der Waals surface area (Å²) in [6, 6.07) is 0.682. The fourth-order valence-corrected chi connectivity index (χ4v) is 1.65. The fraction of sp³-hybridized carbons (Fsp3) is 0.500. The zero-order chi connectivity index (χ0) is 16.9. The molecule has 0 unspecified atom stereocenters. The number of aromatic nitrogens is 1. The molecule has 0 saturated carbocycles. The molecule has 0 aliphatic carbocycles. The van der Waals surface area contributed by atoms with Crippen LogP contribution in [-0.4, -0.2) is 23.9 Å². The second-order valence-electron chi connectivity index (χ2n) is 4.01. The highest BCUT2D eigenvalue weighted by molar-refractivity contribution is 5.73. The van der Waals surface area contributed by atoms with Crippen LogP contribution in [0.15, 0.2) is 6.07 Å². The number of esters is 1. The number of carbonyl (C=O) groups is 1. The number of alkyl halides is 5. The Morgan fingerprint density at radius 2 is 2.05 bits per heavy atom. The third-order valence-corrected chi connectivity index (χ3v) is 2.45. The number of halogens is 5. The Morgan fingerprint density at radius 3 is 2.50 bits per heavy atom. The van der Waals surface area contributed by atoms with Crippen LogP contribution in [0.4, 0.5) is 22.0 Å². The number of ether oxygens (including phenoxy) is 2. The van der Waals surface area contributed by atoms with Gasteiger partial charge in [0.2, 0.25) is 0 Å². The van der Waals surface area contributed by atoms with E-state index in [9.17, 15) is 26.7 Å². The van der Waals surface area contributed by atoms with E-state index >= 15 is 0 Å². The lowest BCUT2D eigenvalue weighted by Gasteiger charge is -2.16. The molecule has 1 aromatic rings. The quantitative estimate of drug-likeness (QED) is 0.641. The van der Waals surface area contributed by atoms with Crippen molar-refractivity contribution in [3.8, 4) is 5.75 Å². The van der Waals surface area contributed by atoms with Gasteiger partial charge >= 0.3 is 12.3 Å². The van der Waals surface area contributed by atoms with Crippen molar-refractivity contribution in [3.63, 3.8) is 0 Å². The summed E-state index contributed by atoms with van der Waals surface area (Å²) in [7, 11) is 0. The molecule has 1 rings (SSSR count). The Morgan fingerprint density at radius 1 is 1.41 bits per heavy atom. The topological polar surface area (TPSA) is 74.4 Å². The normalized spacial score (nSPS) is 11.6. The van der Waals surface area contributed by atoms with Gasteiger partial charge in [0.15, 0.2) is 5.75 Å². The van der Waals surface area contributed by atoms with Crippen LogP contribution >= 0.6 is 0 Å². The number of nitrogens with zero attached hydrogens (tertiary/aromatic N) is 1. The summed E-state index contributed by atoms with van der Waals surface area (Å²) >= 11 is 0. The van der Waals surface area contributed by atoms with Crippen LogP contribution in [0.25, 0.3) is 0 Å². The maximum Gasteiger partial charge on any atom is 0.573 e. The van der Waals surface area contributed by atoms with E-state index in [1.807, 2.05) is 0 Å². The molecule has 1 aromatic heterocycles. The zero-order valence-electron chi connectivity index (χ0n) is 11.4. The van der Waals surface area contributed by atoms with Crippen LogP contribution < -0.4 is 10.5 Å². The second kappa shape index (κ2) is 7.34. The Hall–Kier alpha value is -1.97. The standard InChI is InChI=1S/C12H13F5N2O3/c1-2-21-9(20)4-6-3-8(22-12(15,16)17)10(11(13)14)19-7(6)5-18/h3,11H,2,4-5,18H2,1H3. The minimum atomic E-state index is -5.17. The van der Waals surface area contributed by atoms with Gasteiger partial charge in [-0.1, -0.05) is 0 Å². The molecule has 0 fully saturated rings. The molecule has 0 amide bonds. The largest absolute Gasteiger partial charge is 0.573 e. The molecule has 0 spiro atoms. The second-order valence-corrected chi connectivity index (χ2v) is 4.01. The molecule has 2 N–H and O–H groups in total. The van der Waals surface area contributed by atoms with Crippen LogP contribution in [0, 0.1) is 0 Å². The molecule has 0 atom stereocenters. The predicted molar refractivity (Wildman–Crippen MR) is 64.1 cm³/mol. The van der Waals surface area contributed by atoms with Crippen molar-refractivity contribution < 1.29 is 36.2 Å². The average Bonchev–Trinajstić information content (AvgIpc) is 2.36. The zero-order valence-corrected chi connectivity index (χ0v) is 11.4. The maximum atomic E-state index is 12.8. The first-order valence-corrected chi connectivity index (χ1v) is 6.10. The first-order valence-electron chi connectivity index (χ1n) is 6.10. The molecule has 0 saturated heterocycles. The molecule has 0 bridgehead atoms. The number of hydrogen-bond donors (Lipinski definition) is 1. The lowest BCUT2D eigenvalue weighted by molar-refractivity contribution is -0.275. The molecule has 0 aromatic carbocycles. The molecule has 0 aliphatic heterocycles. The smallest absolute Gasteiger partial charge is 0.466 e. The lowest BCUT2D eigenvalue weighted by Crippen LogP contribution is -2.20. The predicted octanol–water partition coefficient (Wildman–Crippen LogP) is 2.48. The maximum absolute atomic E-state index is 12.8. The van der Waals surface area contributed by atoms with E-state index in [0.717, 1.165) is 0 Å². The molecule has 124 valence electrons. The van der Waals surface area contributed by atoms with Gasteiger partial charge in [-0.15, -0.1) is 13.2 Å². The van der Waals surface area contributed by atoms with Gasteiger partial charge < -0.3 is 15.2 Å². The van der Waals surface area contributed by atoms with Crippen LogP contribution in [0.3, 0.4) is 0 Å². The highest BCUT2D eigenvalue weighted by atomic mass is 19.4. The van der Waals surface area contributed by atoms with Crippen molar-refractivity contribution >= 4 is 5.97 Å². The number of nitrogens with two attached hydrogens (primary N) is 1. The third-order valence-electron chi connectivity index (χ3n) is 2.45. The van der Waals surface area contributed by atoms with E-state index in [1.54, 1.807) is 0 Å². The van der Waals surface area contributed by atoms with Crippen molar-refractivity contribution in [2.75, 3.05) is 6.61 Å². The van der Waals surface area contributed by atoms with Gasteiger partial charge in [-0.3, -0.25) is 4.79 Å². The van der Waals surface area contributed by atoms with Crippen LogP contribution in [0.1, 0.15) is 30.3 Å². The summed E-state index contributed by atoms with van der Waals surface area (Å²) in [6.07, 6.45) is -8.92. The molecule has 0 radical (unpaired) electrons. The highest BCUT2D eigenvalue weighted by Crippen LogP contribution is 2.33. The summed E-state index contributed by atoms with van der Waals surface area (Å²) < 4.78 is 70.6. The minimum absolute atomic E-state index is 0.0608. The molecule has 10 heteroatoms. The van der Waals surface area contributed by atoms with Gasteiger partial charge in [-0.05, 0) is 18.6 Å². The Kier molecular flexibility index (Phi) is 6.03. The third kappa shape index (κ3) is 5.10. The van der Waals surface area contributed by atoms with Crippen molar-refractivity contribution in [2.45, 2.75) is 32.7 Å². The summed E-state index contributed by atoms with van der Waals surface area (Å²) in [4.78, 5) is 14.8. The molecule has 5 nitrogen and oxygen atoms in total. The van der Waals surface area contributed by atoms with Crippen molar-refractivity contribution in [2.24, 2.45) is 5.73 Å². The first kappa shape index (κ1) is 18.1. The number of carbonyl (C=O) groups excluding carboxylic acids is 1. The van der Waals surface area contributed by atoms with E-state index in [0.29, 0.717) is 6.07 Å². The molecular weight excluding hydrogens is 315 g/mol. The number of hydrogen-bond acceptors (Lipinski definition) is 5. The minimum Gasteiger partial charge on any atom is -0.466 e. The van der Waals surface area contributed by atoms with Gasteiger partial charge in [0.25, 0.3) is 6.43 Å². The highest BCUT2D eigenvalue weighted by Gasteiger charge is 2.34. The van der Waals surface area contributed by atoms with E-state index in [4.69, 9.17) is 5.73 Å². The van der Waals surface area contributed by atoms with E-state index in [1.165, 1.54) is 6.92 Å². The fourth-order valence-electron chi connectivity index (χ4n) is 1.65. The number of rotatable bonds is 6. The van der Waals surface area contributed by atoms with E-state index < -0.39 is 36.6 Å². The lowest BCUT2D eigenvalue weighted by atomic mass is 10.1. The molecular formula is C12H13F5N2O3. The Labute approximate surface area is 122 Å². The Balaban J connectivity index is 3.26. The van der Waals surface area contributed by atoms with Crippen LogP contribution in [0.2, 0.25) is 0 Å². The van der Waals surface area contributed by atoms with Gasteiger partial charge in [-0.2, -0.15) is 0 Å². The van der Waals surface area contributed by atoms with Crippen molar-refractivity contribution in [1.29, 1.82) is 0 Å². The summed E-state index contributed by atoms with van der Waals surface area (Å²) in [5.74, 6) is -1.92. The summed E-state index contributed by atoms with van der Waals surface area (Å²) in [5.41, 5.74) is 3.94. The van der Waals surface area contributed by atoms with Gasteiger partial charge in [0.05, 0.1) is 18.7 Å². The molecule has 22 heavy (non-hydrogen) atoms. The van der Waals surface area contributed by atoms with Gasteiger partial charge in [0.1, 0.15) is 5.69 Å². The molecule has 1 heterocycles.